The molecular weight excluding hydrogens is 308 g/mol. The second kappa shape index (κ2) is 12.4. The Bertz CT molecular complexity index is 432. The van der Waals surface area contributed by atoms with Gasteiger partial charge < -0.3 is 9.47 Å². The van der Waals surface area contributed by atoms with Gasteiger partial charge in [-0.15, -0.1) is 0 Å². The molecule has 2 rings (SSSR count). The van der Waals surface area contributed by atoms with Gasteiger partial charge in [-0.2, -0.15) is 0 Å². The van der Waals surface area contributed by atoms with Gasteiger partial charge in [-0.3, -0.25) is 0 Å². The molecule has 1 saturated heterocycles. The third-order valence-corrected chi connectivity index (χ3v) is 5.35. The van der Waals surface area contributed by atoms with Crippen molar-refractivity contribution in [3.05, 3.63) is 29.8 Å². The van der Waals surface area contributed by atoms with E-state index in [1.165, 1.54) is 63.4 Å². The van der Waals surface area contributed by atoms with Gasteiger partial charge in [-0.25, -0.2) is 0 Å². The van der Waals surface area contributed by atoms with E-state index in [0.717, 1.165) is 37.7 Å². The van der Waals surface area contributed by atoms with Crippen LogP contribution in [0.25, 0.3) is 0 Å². The third kappa shape index (κ3) is 7.81. The number of ether oxygens (including phenoxy) is 2. The van der Waals surface area contributed by atoms with E-state index in [9.17, 15) is 0 Å². The van der Waals surface area contributed by atoms with Crippen LogP contribution >= 0.6 is 0 Å². The SMILES string of the molecule is CCCCCCCC1CCC(c2ccc(OCCCCC)cc2)OC1. The first kappa shape index (κ1) is 20.3. The van der Waals surface area contributed by atoms with Gasteiger partial charge in [0.15, 0.2) is 0 Å². The Morgan fingerprint density at radius 2 is 1.60 bits per heavy atom. The predicted octanol–water partition coefficient (Wildman–Crippen LogP) is 7.08. The van der Waals surface area contributed by atoms with Crippen molar-refractivity contribution in [3.8, 4) is 5.75 Å². The largest absolute Gasteiger partial charge is 0.494 e. The highest BCUT2D eigenvalue weighted by molar-refractivity contribution is 5.28. The van der Waals surface area contributed by atoms with Crippen molar-refractivity contribution in [2.75, 3.05) is 13.2 Å². The molecule has 0 radical (unpaired) electrons. The molecule has 142 valence electrons. The van der Waals surface area contributed by atoms with Crippen LogP contribution in [0.1, 0.15) is 96.1 Å². The predicted molar refractivity (Wildman–Crippen MR) is 106 cm³/mol. The molecular formula is C23H38O2. The third-order valence-electron chi connectivity index (χ3n) is 5.35. The summed E-state index contributed by atoms with van der Waals surface area (Å²) >= 11 is 0. The fraction of sp³-hybridized carbons (Fsp3) is 0.739. The average Bonchev–Trinajstić information content (AvgIpc) is 2.66. The maximum Gasteiger partial charge on any atom is 0.119 e. The van der Waals surface area contributed by atoms with Crippen molar-refractivity contribution in [3.63, 3.8) is 0 Å². The van der Waals surface area contributed by atoms with Gasteiger partial charge in [0, 0.05) is 0 Å². The fourth-order valence-corrected chi connectivity index (χ4v) is 3.65. The first-order valence-corrected chi connectivity index (χ1v) is 10.7. The van der Waals surface area contributed by atoms with Crippen LogP contribution in [-0.2, 0) is 4.74 Å². The van der Waals surface area contributed by atoms with Gasteiger partial charge in [0.25, 0.3) is 0 Å². The average molecular weight is 347 g/mol. The molecule has 0 N–H and O–H groups in total. The molecule has 0 amide bonds. The normalized spacial score (nSPS) is 20.6. The van der Waals surface area contributed by atoms with E-state index in [-0.39, 0.29) is 6.10 Å². The fourth-order valence-electron chi connectivity index (χ4n) is 3.65. The summed E-state index contributed by atoms with van der Waals surface area (Å²) in [5, 5.41) is 0. The second-order valence-electron chi connectivity index (χ2n) is 7.59. The van der Waals surface area contributed by atoms with E-state index in [0.29, 0.717) is 0 Å². The molecule has 0 saturated carbocycles. The smallest absolute Gasteiger partial charge is 0.119 e. The van der Waals surface area contributed by atoms with Crippen molar-refractivity contribution < 1.29 is 9.47 Å². The summed E-state index contributed by atoms with van der Waals surface area (Å²) in [6.45, 7) is 6.26. The van der Waals surface area contributed by atoms with Crippen molar-refractivity contribution in [1.29, 1.82) is 0 Å². The Morgan fingerprint density at radius 3 is 2.28 bits per heavy atom. The number of rotatable bonds is 12. The summed E-state index contributed by atoms with van der Waals surface area (Å²) in [5.74, 6) is 1.76. The summed E-state index contributed by atoms with van der Waals surface area (Å²) in [6.07, 6.45) is 14.6. The molecule has 1 fully saturated rings. The minimum atomic E-state index is 0.283. The highest BCUT2D eigenvalue weighted by Crippen LogP contribution is 2.33. The van der Waals surface area contributed by atoms with Crippen LogP contribution in [0.5, 0.6) is 5.75 Å². The molecule has 0 aromatic heterocycles. The van der Waals surface area contributed by atoms with Crippen LogP contribution in [0, 0.1) is 5.92 Å². The molecule has 1 aliphatic rings. The van der Waals surface area contributed by atoms with Gasteiger partial charge in [0.05, 0.1) is 19.3 Å². The molecule has 0 bridgehead atoms. The van der Waals surface area contributed by atoms with E-state index in [1.54, 1.807) is 0 Å². The Kier molecular flexibility index (Phi) is 10.0. The molecule has 1 aliphatic heterocycles. The van der Waals surface area contributed by atoms with Crippen LogP contribution in [0.2, 0.25) is 0 Å². The monoisotopic (exact) mass is 346 g/mol. The molecule has 1 heterocycles. The Labute approximate surface area is 155 Å². The topological polar surface area (TPSA) is 18.5 Å². The molecule has 2 unspecified atom stereocenters. The first-order chi connectivity index (χ1) is 12.3. The minimum absolute atomic E-state index is 0.283. The minimum Gasteiger partial charge on any atom is -0.494 e. The maximum atomic E-state index is 6.17. The van der Waals surface area contributed by atoms with Crippen LogP contribution < -0.4 is 4.74 Å². The summed E-state index contributed by atoms with van der Waals surface area (Å²) < 4.78 is 12.0. The summed E-state index contributed by atoms with van der Waals surface area (Å²) in [5.41, 5.74) is 1.31. The zero-order chi connectivity index (χ0) is 17.7. The molecule has 25 heavy (non-hydrogen) atoms. The van der Waals surface area contributed by atoms with Gasteiger partial charge >= 0.3 is 0 Å². The molecule has 1 aromatic rings. The highest BCUT2D eigenvalue weighted by atomic mass is 16.5. The number of hydrogen-bond acceptors (Lipinski definition) is 2. The molecule has 1 aromatic carbocycles. The van der Waals surface area contributed by atoms with Crippen LogP contribution in [0.15, 0.2) is 24.3 Å². The molecule has 2 atom stereocenters. The van der Waals surface area contributed by atoms with Crippen molar-refractivity contribution in [2.45, 2.75) is 90.6 Å². The standard InChI is InChI=1S/C23H38O2/c1-3-5-7-8-9-11-20-12-17-23(25-19-20)21-13-15-22(16-14-21)24-18-10-6-4-2/h13-16,20,23H,3-12,17-19H2,1-2H3. The first-order valence-electron chi connectivity index (χ1n) is 10.7. The van der Waals surface area contributed by atoms with Crippen molar-refractivity contribution in [1.82, 2.24) is 0 Å². The number of hydrogen-bond donors (Lipinski definition) is 0. The Balaban J connectivity index is 1.64. The van der Waals surface area contributed by atoms with Gasteiger partial charge in [0.1, 0.15) is 5.75 Å². The van der Waals surface area contributed by atoms with Crippen molar-refractivity contribution in [2.24, 2.45) is 5.92 Å². The Hall–Kier alpha value is -1.02. The zero-order valence-electron chi connectivity index (χ0n) is 16.5. The summed E-state index contributed by atoms with van der Waals surface area (Å²) in [6, 6.07) is 8.57. The lowest BCUT2D eigenvalue weighted by Crippen LogP contribution is -2.20. The second-order valence-corrected chi connectivity index (χ2v) is 7.59. The van der Waals surface area contributed by atoms with Crippen LogP contribution in [0.4, 0.5) is 0 Å². The zero-order valence-corrected chi connectivity index (χ0v) is 16.5. The Morgan fingerprint density at radius 1 is 0.880 bits per heavy atom. The van der Waals surface area contributed by atoms with E-state index in [2.05, 4.69) is 38.1 Å². The molecule has 0 spiro atoms. The van der Waals surface area contributed by atoms with E-state index in [4.69, 9.17) is 9.47 Å². The maximum absolute atomic E-state index is 6.17. The van der Waals surface area contributed by atoms with E-state index >= 15 is 0 Å². The molecule has 0 aliphatic carbocycles. The van der Waals surface area contributed by atoms with Gasteiger partial charge in [-0.05, 0) is 49.3 Å². The molecule has 2 heteroatoms. The van der Waals surface area contributed by atoms with Gasteiger partial charge in [-0.1, -0.05) is 70.9 Å². The van der Waals surface area contributed by atoms with Crippen LogP contribution in [-0.4, -0.2) is 13.2 Å². The summed E-state index contributed by atoms with van der Waals surface area (Å²) in [7, 11) is 0. The lowest BCUT2D eigenvalue weighted by Gasteiger charge is -2.29. The number of unbranched alkanes of at least 4 members (excludes halogenated alkanes) is 6. The highest BCUT2D eigenvalue weighted by Gasteiger charge is 2.22. The van der Waals surface area contributed by atoms with Crippen molar-refractivity contribution >= 4 is 0 Å². The lowest BCUT2D eigenvalue weighted by molar-refractivity contribution is -0.0199. The van der Waals surface area contributed by atoms with E-state index in [1.807, 2.05) is 0 Å². The quantitative estimate of drug-likeness (QED) is 0.376. The lowest BCUT2D eigenvalue weighted by atomic mass is 9.91. The summed E-state index contributed by atoms with van der Waals surface area (Å²) in [4.78, 5) is 0. The van der Waals surface area contributed by atoms with E-state index < -0.39 is 0 Å². The molecule has 2 nitrogen and oxygen atoms in total. The van der Waals surface area contributed by atoms with Gasteiger partial charge in [0.2, 0.25) is 0 Å². The number of benzene rings is 1. The van der Waals surface area contributed by atoms with Crippen LogP contribution in [0.3, 0.4) is 0 Å².